The van der Waals surface area contributed by atoms with Crippen LogP contribution >= 0.6 is 0 Å². The molecule has 0 atom stereocenters. The fraction of sp³-hybridized carbons (Fsp3) is 0.176. The largest absolute Gasteiger partial charge is 0.476 e. The van der Waals surface area contributed by atoms with Crippen LogP contribution in [0.3, 0.4) is 0 Å². The summed E-state index contributed by atoms with van der Waals surface area (Å²) in [6, 6.07) is 7.42. The summed E-state index contributed by atoms with van der Waals surface area (Å²) >= 11 is 0. The molecule has 3 aromatic rings. The summed E-state index contributed by atoms with van der Waals surface area (Å²) in [6.07, 6.45) is 2.20. The molecule has 7 heteroatoms. The Balaban J connectivity index is 2.18. The molecule has 2 aromatic heterocycles. The Kier molecular flexibility index (Phi) is 4.07. The van der Waals surface area contributed by atoms with Crippen LogP contribution < -0.4 is 0 Å². The molecule has 0 unspecified atom stereocenters. The number of hydrogen-bond acceptors (Lipinski definition) is 4. The summed E-state index contributed by atoms with van der Waals surface area (Å²) in [5.74, 6) is -0.617. The molecule has 0 spiro atoms. The van der Waals surface area contributed by atoms with Crippen molar-refractivity contribution in [2.24, 2.45) is 0 Å². The van der Waals surface area contributed by atoms with E-state index < -0.39 is 5.97 Å². The van der Waals surface area contributed by atoms with Gasteiger partial charge in [-0.1, -0.05) is 19.1 Å². The van der Waals surface area contributed by atoms with Gasteiger partial charge in [0.25, 0.3) is 0 Å². The highest BCUT2D eigenvalue weighted by molar-refractivity contribution is 5.85. The molecule has 3 rings (SSSR count). The van der Waals surface area contributed by atoms with Crippen LogP contribution in [0.25, 0.3) is 17.2 Å². The van der Waals surface area contributed by atoms with Gasteiger partial charge in [0.1, 0.15) is 5.82 Å². The van der Waals surface area contributed by atoms with Crippen molar-refractivity contribution in [1.29, 1.82) is 0 Å². The van der Waals surface area contributed by atoms with E-state index in [0.717, 1.165) is 11.3 Å². The molecule has 24 heavy (non-hydrogen) atoms. The van der Waals surface area contributed by atoms with Crippen LogP contribution in [-0.4, -0.2) is 30.8 Å². The number of aromatic nitrogens is 4. The molecule has 2 heterocycles. The van der Waals surface area contributed by atoms with E-state index in [1.165, 1.54) is 22.9 Å². The highest BCUT2D eigenvalue weighted by atomic mass is 19.1. The van der Waals surface area contributed by atoms with Crippen LogP contribution in [0.4, 0.5) is 4.39 Å². The van der Waals surface area contributed by atoms with Gasteiger partial charge in [-0.25, -0.2) is 23.8 Å². The van der Waals surface area contributed by atoms with Gasteiger partial charge >= 0.3 is 5.97 Å². The second-order valence-corrected chi connectivity index (χ2v) is 5.25. The highest BCUT2D eigenvalue weighted by Gasteiger charge is 2.16. The standard InChI is InChI=1S/C17H15FN4O2/c1-3-13-10(2)19-15(11-5-4-6-12(18)9-11)20-16(13)22-8-7-14(21-22)17(23)24/h4-9H,3H2,1-2H3,(H,23,24). The average Bonchev–Trinajstić information content (AvgIpc) is 3.04. The predicted octanol–water partition coefficient (Wildman–Crippen LogP) is 3.04. The smallest absolute Gasteiger partial charge is 0.356 e. The molecule has 1 aromatic carbocycles. The number of carboxylic acid groups (broad SMARTS) is 1. The number of aromatic carboxylic acids is 1. The first-order chi connectivity index (χ1) is 11.5. The molecule has 0 aliphatic heterocycles. The molecular formula is C17H15FN4O2. The van der Waals surface area contributed by atoms with E-state index in [0.29, 0.717) is 23.6 Å². The zero-order valence-electron chi connectivity index (χ0n) is 13.2. The van der Waals surface area contributed by atoms with Crippen molar-refractivity contribution in [3.8, 4) is 17.2 Å². The Hall–Kier alpha value is -3.09. The average molecular weight is 326 g/mol. The molecule has 0 bridgehead atoms. The van der Waals surface area contributed by atoms with Crippen LogP contribution in [0.5, 0.6) is 0 Å². The first kappa shape index (κ1) is 15.8. The number of carboxylic acids is 1. The van der Waals surface area contributed by atoms with Gasteiger partial charge < -0.3 is 5.11 Å². The Morgan fingerprint density at radius 1 is 1.29 bits per heavy atom. The quantitative estimate of drug-likeness (QED) is 0.797. The van der Waals surface area contributed by atoms with E-state index in [9.17, 15) is 9.18 Å². The molecule has 122 valence electrons. The summed E-state index contributed by atoms with van der Waals surface area (Å²) in [6.45, 7) is 3.80. The van der Waals surface area contributed by atoms with E-state index in [1.54, 1.807) is 18.3 Å². The van der Waals surface area contributed by atoms with Gasteiger partial charge in [-0.15, -0.1) is 0 Å². The minimum Gasteiger partial charge on any atom is -0.476 e. The van der Waals surface area contributed by atoms with Crippen molar-refractivity contribution < 1.29 is 14.3 Å². The third kappa shape index (κ3) is 2.88. The summed E-state index contributed by atoms with van der Waals surface area (Å²) < 4.78 is 14.9. The zero-order valence-corrected chi connectivity index (χ0v) is 13.2. The number of benzene rings is 1. The van der Waals surface area contributed by atoms with Gasteiger partial charge in [0.15, 0.2) is 17.3 Å². The minimum absolute atomic E-state index is 0.0689. The highest BCUT2D eigenvalue weighted by Crippen LogP contribution is 2.22. The number of carbonyl (C=O) groups is 1. The molecular weight excluding hydrogens is 311 g/mol. The van der Waals surface area contributed by atoms with Crippen molar-refractivity contribution in [3.05, 3.63) is 59.3 Å². The summed E-state index contributed by atoms with van der Waals surface area (Å²) in [7, 11) is 0. The Labute approximate surface area is 137 Å². The maximum absolute atomic E-state index is 13.5. The summed E-state index contributed by atoms with van der Waals surface area (Å²) in [5, 5.41) is 13.1. The normalized spacial score (nSPS) is 10.8. The van der Waals surface area contributed by atoms with Crippen LogP contribution in [0.1, 0.15) is 28.7 Å². The number of rotatable bonds is 4. The lowest BCUT2D eigenvalue weighted by atomic mass is 10.1. The van der Waals surface area contributed by atoms with E-state index in [2.05, 4.69) is 15.1 Å². The second kappa shape index (κ2) is 6.19. The van der Waals surface area contributed by atoms with Crippen LogP contribution in [0.15, 0.2) is 36.5 Å². The van der Waals surface area contributed by atoms with E-state index in [1.807, 2.05) is 13.8 Å². The molecule has 0 fully saturated rings. The van der Waals surface area contributed by atoms with Crippen LogP contribution in [0, 0.1) is 12.7 Å². The molecule has 0 saturated heterocycles. The number of hydrogen-bond donors (Lipinski definition) is 1. The maximum Gasteiger partial charge on any atom is 0.356 e. The lowest BCUT2D eigenvalue weighted by molar-refractivity contribution is 0.0690. The number of halogens is 1. The lowest BCUT2D eigenvalue weighted by Gasteiger charge is -2.12. The molecule has 1 N–H and O–H groups in total. The van der Waals surface area contributed by atoms with Crippen LogP contribution in [-0.2, 0) is 6.42 Å². The van der Waals surface area contributed by atoms with Gasteiger partial charge in [-0.3, -0.25) is 0 Å². The molecule has 0 aliphatic carbocycles. The molecule has 6 nitrogen and oxygen atoms in total. The van der Waals surface area contributed by atoms with Crippen molar-refractivity contribution >= 4 is 5.97 Å². The Bertz CT molecular complexity index is 921. The van der Waals surface area contributed by atoms with E-state index in [-0.39, 0.29) is 11.5 Å². The van der Waals surface area contributed by atoms with E-state index in [4.69, 9.17) is 5.11 Å². The van der Waals surface area contributed by atoms with Crippen molar-refractivity contribution in [2.75, 3.05) is 0 Å². The third-order valence-corrected chi connectivity index (χ3v) is 3.65. The first-order valence-electron chi connectivity index (χ1n) is 7.42. The van der Waals surface area contributed by atoms with E-state index >= 15 is 0 Å². The fourth-order valence-corrected chi connectivity index (χ4v) is 2.50. The lowest BCUT2D eigenvalue weighted by Crippen LogP contribution is -2.09. The van der Waals surface area contributed by atoms with Gasteiger partial charge in [0.2, 0.25) is 0 Å². The Morgan fingerprint density at radius 3 is 2.71 bits per heavy atom. The molecule has 0 aliphatic rings. The van der Waals surface area contributed by atoms with Crippen molar-refractivity contribution in [3.63, 3.8) is 0 Å². The third-order valence-electron chi connectivity index (χ3n) is 3.65. The molecule has 0 amide bonds. The van der Waals surface area contributed by atoms with Gasteiger partial charge in [0, 0.05) is 23.0 Å². The van der Waals surface area contributed by atoms with Crippen molar-refractivity contribution in [2.45, 2.75) is 20.3 Å². The van der Waals surface area contributed by atoms with Gasteiger partial charge in [0.05, 0.1) is 0 Å². The van der Waals surface area contributed by atoms with Crippen molar-refractivity contribution in [1.82, 2.24) is 19.7 Å². The first-order valence-corrected chi connectivity index (χ1v) is 7.42. The maximum atomic E-state index is 13.5. The Morgan fingerprint density at radius 2 is 2.08 bits per heavy atom. The molecule has 0 radical (unpaired) electrons. The number of aryl methyl sites for hydroxylation is 1. The second-order valence-electron chi connectivity index (χ2n) is 5.25. The summed E-state index contributed by atoms with van der Waals surface area (Å²) in [5.41, 5.74) is 2.08. The van der Waals surface area contributed by atoms with Gasteiger partial charge in [-0.05, 0) is 31.5 Å². The minimum atomic E-state index is -1.11. The SMILES string of the molecule is CCc1c(C)nc(-c2cccc(F)c2)nc1-n1ccc(C(=O)O)n1. The van der Waals surface area contributed by atoms with Gasteiger partial charge in [-0.2, -0.15) is 5.10 Å². The molecule has 0 saturated carbocycles. The monoisotopic (exact) mass is 326 g/mol. The summed E-state index contributed by atoms with van der Waals surface area (Å²) in [4.78, 5) is 20.0. The number of nitrogens with zero attached hydrogens (tertiary/aromatic N) is 4. The topological polar surface area (TPSA) is 80.9 Å². The zero-order chi connectivity index (χ0) is 17.3. The van der Waals surface area contributed by atoms with Crippen LogP contribution in [0.2, 0.25) is 0 Å². The fourth-order valence-electron chi connectivity index (χ4n) is 2.50. The predicted molar refractivity (Wildman–Crippen MR) is 85.6 cm³/mol.